The fraction of sp³-hybridized carbons (Fsp3) is 0.545. The molecule has 0 aliphatic carbocycles. The maximum atomic E-state index is 14.1. The second kappa shape index (κ2) is 5.25. The summed E-state index contributed by atoms with van der Waals surface area (Å²) in [6, 6.07) is 0. The highest BCUT2D eigenvalue weighted by molar-refractivity contribution is 5.81. The van der Waals surface area contributed by atoms with Gasteiger partial charge in [-0.2, -0.15) is 13.2 Å². The van der Waals surface area contributed by atoms with Crippen molar-refractivity contribution in [3.8, 4) is 0 Å². The van der Waals surface area contributed by atoms with Gasteiger partial charge in [0.15, 0.2) is 23.9 Å². The highest BCUT2D eigenvalue weighted by atomic mass is 19.4. The number of anilines is 1. The summed E-state index contributed by atoms with van der Waals surface area (Å²) in [5.41, 5.74) is 4.89. The molecule has 1 aliphatic rings. The zero-order chi connectivity index (χ0) is 16.9. The minimum Gasteiger partial charge on any atom is -0.394 e. The van der Waals surface area contributed by atoms with Crippen molar-refractivity contribution in [2.45, 2.75) is 30.8 Å². The van der Waals surface area contributed by atoms with Gasteiger partial charge < -0.3 is 20.7 Å². The van der Waals surface area contributed by atoms with Crippen LogP contribution in [0.3, 0.4) is 0 Å². The Bertz CT molecular complexity index is 736. The van der Waals surface area contributed by atoms with Gasteiger partial charge in [-0.15, -0.1) is 0 Å². The average molecular weight is 337 g/mol. The van der Waals surface area contributed by atoms with Gasteiger partial charge in [0.25, 0.3) is 0 Å². The molecular weight excluding hydrogens is 326 g/mol. The van der Waals surface area contributed by atoms with Crippen molar-refractivity contribution >= 4 is 17.0 Å². The van der Waals surface area contributed by atoms with E-state index in [1.165, 1.54) is 0 Å². The Morgan fingerprint density at radius 3 is 2.61 bits per heavy atom. The number of nitrogens with zero attached hydrogens (tertiary/aromatic N) is 4. The summed E-state index contributed by atoms with van der Waals surface area (Å²) in [4.78, 5) is 10.2. The van der Waals surface area contributed by atoms with E-state index < -0.39 is 49.0 Å². The molecular formula is C11H11F4N5O3. The van der Waals surface area contributed by atoms with E-state index in [1.54, 1.807) is 0 Å². The summed E-state index contributed by atoms with van der Waals surface area (Å²) in [5, 5.41) is 18.6. The van der Waals surface area contributed by atoms with Crippen molar-refractivity contribution in [2.24, 2.45) is 0 Å². The first kappa shape index (κ1) is 15.8. The molecule has 1 saturated heterocycles. The number of aliphatic hydroxyl groups excluding tert-OH is 2. The van der Waals surface area contributed by atoms with Crippen LogP contribution in [0, 0.1) is 0 Å². The zero-order valence-corrected chi connectivity index (χ0v) is 11.3. The van der Waals surface area contributed by atoms with Crippen LogP contribution in [0.5, 0.6) is 0 Å². The normalized spacial score (nSPS) is 28.6. The standard InChI is InChI=1S/C11H11F4N5O3/c12-4-6(22)3(1-21)23-9(4)20-2-17-5-7(16)18-10(11(13,14)15)19-8(5)20/h2-4,6,9,21-22H,1H2,(H2,16,18,19)/t3?,4-,6+,9+/m0/s1. The Morgan fingerprint density at radius 1 is 1.35 bits per heavy atom. The first-order valence-electron chi connectivity index (χ1n) is 6.39. The van der Waals surface area contributed by atoms with E-state index in [0.717, 1.165) is 10.9 Å². The van der Waals surface area contributed by atoms with Gasteiger partial charge in [0.2, 0.25) is 5.82 Å². The molecule has 0 aromatic carbocycles. The van der Waals surface area contributed by atoms with Gasteiger partial charge in [-0.3, -0.25) is 4.57 Å². The molecule has 1 fully saturated rings. The van der Waals surface area contributed by atoms with E-state index in [2.05, 4.69) is 15.0 Å². The first-order valence-corrected chi connectivity index (χ1v) is 6.39. The fourth-order valence-electron chi connectivity index (χ4n) is 2.33. The third kappa shape index (κ3) is 2.48. The summed E-state index contributed by atoms with van der Waals surface area (Å²) >= 11 is 0. The minimum absolute atomic E-state index is 0.157. The zero-order valence-electron chi connectivity index (χ0n) is 11.3. The highest BCUT2D eigenvalue weighted by Crippen LogP contribution is 2.35. The van der Waals surface area contributed by atoms with E-state index in [-0.39, 0.29) is 11.2 Å². The van der Waals surface area contributed by atoms with Crippen LogP contribution < -0.4 is 5.73 Å². The molecule has 2 aromatic heterocycles. The number of imidazole rings is 1. The molecule has 2 aromatic rings. The monoisotopic (exact) mass is 337 g/mol. The van der Waals surface area contributed by atoms with Crippen molar-refractivity contribution in [1.82, 2.24) is 19.5 Å². The average Bonchev–Trinajstić information content (AvgIpc) is 3.01. The van der Waals surface area contributed by atoms with Crippen LogP contribution in [0.4, 0.5) is 23.4 Å². The number of halogens is 4. The number of hydrogen-bond acceptors (Lipinski definition) is 7. The third-order valence-electron chi connectivity index (χ3n) is 3.45. The molecule has 4 atom stereocenters. The molecule has 3 rings (SSSR count). The molecule has 1 unspecified atom stereocenters. The Labute approximate surface area is 125 Å². The van der Waals surface area contributed by atoms with Crippen LogP contribution in [0.2, 0.25) is 0 Å². The van der Waals surface area contributed by atoms with Gasteiger partial charge in [-0.05, 0) is 0 Å². The van der Waals surface area contributed by atoms with Crippen molar-refractivity contribution in [2.75, 3.05) is 12.3 Å². The van der Waals surface area contributed by atoms with E-state index in [1.807, 2.05) is 0 Å². The van der Waals surface area contributed by atoms with Crippen molar-refractivity contribution in [1.29, 1.82) is 0 Å². The van der Waals surface area contributed by atoms with Crippen LogP contribution in [0.15, 0.2) is 6.33 Å². The molecule has 12 heteroatoms. The third-order valence-corrected chi connectivity index (χ3v) is 3.45. The second-order valence-electron chi connectivity index (χ2n) is 4.94. The first-order chi connectivity index (χ1) is 10.7. The Hall–Kier alpha value is -2.05. The van der Waals surface area contributed by atoms with Crippen LogP contribution in [0.1, 0.15) is 12.1 Å². The lowest BCUT2D eigenvalue weighted by molar-refractivity contribution is -0.144. The smallest absolute Gasteiger partial charge is 0.394 e. The predicted molar refractivity (Wildman–Crippen MR) is 66.6 cm³/mol. The number of hydrogen-bond donors (Lipinski definition) is 3. The van der Waals surface area contributed by atoms with E-state index in [4.69, 9.17) is 15.6 Å². The van der Waals surface area contributed by atoms with Gasteiger partial charge in [0.05, 0.1) is 12.9 Å². The van der Waals surface area contributed by atoms with Crippen LogP contribution in [-0.4, -0.2) is 54.7 Å². The minimum atomic E-state index is -4.85. The van der Waals surface area contributed by atoms with Gasteiger partial charge >= 0.3 is 6.18 Å². The summed E-state index contributed by atoms with van der Waals surface area (Å²) in [5.74, 6) is -2.02. The summed E-state index contributed by atoms with van der Waals surface area (Å²) in [7, 11) is 0. The Kier molecular flexibility index (Phi) is 3.61. The molecule has 0 saturated carbocycles. The molecule has 0 spiro atoms. The molecule has 8 nitrogen and oxygen atoms in total. The predicted octanol–water partition coefficient (Wildman–Crippen LogP) is 0.0160. The van der Waals surface area contributed by atoms with E-state index in [9.17, 15) is 22.7 Å². The van der Waals surface area contributed by atoms with Gasteiger partial charge in [-0.1, -0.05) is 0 Å². The maximum absolute atomic E-state index is 14.1. The lowest BCUT2D eigenvalue weighted by Crippen LogP contribution is -2.30. The number of ether oxygens (including phenoxy) is 1. The highest BCUT2D eigenvalue weighted by Gasteiger charge is 2.46. The van der Waals surface area contributed by atoms with Gasteiger partial charge in [0.1, 0.15) is 17.7 Å². The van der Waals surface area contributed by atoms with Gasteiger partial charge in [-0.25, -0.2) is 19.3 Å². The van der Waals surface area contributed by atoms with Crippen molar-refractivity contribution in [3.63, 3.8) is 0 Å². The number of aromatic nitrogens is 4. The molecule has 23 heavy (non-hydrogen) atoms. The maximum Gasteiger partial charge on any atom is 0.451 e. The van der Waals surface area contributed by atoms with Crippen LogP contribution in [0.25, 0.3) is 11.2 Å². The number of rotatable bonds is 2. The number of nitrogen functional groups attached to an aromatic ring is 1. The second-order valence-corrected chi connectivity index (χ2v) is 4.94. The van der Waals surface area contributed by atoms with Gasteiger partial charge in [0, 0.05) is 0 Å². The number of aliphatic hydroxyl groups is 2. The molecule has 1 aliphatic heterocycles. The SMILES string of the molecule is Nc1nc(C(F)(F)F)nc2c1ncn2[C@@H]1OC(CO)[C@@H](O)[C@@H]1F. The molecule has 3 heterocycles. The van der Waals surface area contributed by atoms with E-state index in [0.29, 0.717) is 0 Å². The largest absolute Gasteiger partial charge is 0.451 e. The summed E-state index contributed by atoms with van der Waals surface area (Å²) < 4.78 is 58.4. The molecule has 126 valence electrons. The lowest BCUT2D eigenvalue weighted by atomic mass is 10.1. The molecule has 0 radical (unpaired) electrons. The topological polar surface area (TPSA) is 119 Å². The fourth-order valence-corrected chi connectivity index (χ4v) is 2.33. The van der Waals surface area contributed by atoms with Crippen molar-refractivity contribution < 1.29 is 32.5 Å². The van der Waals surface area contributed by atoms with Crippen molar-refractivity contribution in [3.05, 3.63) is 12.2 Å². The van der Waals surface area contributed by atoms with Crippen LogP contribution >= 0.6 is 0 Å². The van der Waals surface area contributed by atoms with E-state index >= 15 is 0 Å². The van der Waals surface area contributed by atoms with Crippen LogP contribution in [-0.2, 0) is 10.9 Å². The molecule has 4 N–H and O–H groups in total. The number of fused-ring (bicyclic) bond motifs is 1. The lowest BCUT2D eigenvalue weighted by Gasteiger charge is -2.15. The Morgan fingerprint density at radius 2 is 2.04 bits per heavy atom. The number of alkyl halides is 4. The number of nitrogens with two attached hydrogens (primary N) is 1. The summed E-state index contributed by atoms with van der Waals surface area (Å²) in [6.45, 7) is -0.657. The summed E-state index contributed by atoms with van der Waals surface area (Å²) in [6.07, 6.45) is -10.2. The Balaban J connectivity index is 2.10. The molecule has 0 bridgehead atoms. The molecule has 0 amide bonds. The quantitative estimate of drug-likeness (QED) is 0.661.